The number of piperidine rings is 1. The molecule has 1 spiro atoms. The van der Waals surface area contributed by atoms with E-state index >= 15 is 0 Å². The Hall–Kier alpha value is -1.39. The highest BCUT2D eigenvalue weighted by atomic mass is 32.1. The van der Waals surface area contributed by atoms with E-state index in [9.17, 15) is 0 Å². The smallest absolute Gasteiger partial charge is 0.209 e. The molecule has 0 amide bonds. The molecule has 3 heterocycles. The summed E-state index contributed by atoms with van der Waals surface area (Å²) >= 11 is 1.70. The predicted molar refractivity (Wildman–Crippen MR) is 89.8 cm³/mol. The number of likely N-dealkylation sites (tertiary alicyclic amines) is 1. The third kappa shape index (κ3) is 2.90. The maximum absolute atomic E-state index is 5.95. The van der Waals surface area contributed by atoms with Gasteiger partial charge in [0.05, 0.1) is 17.6 Å². The molecule has 4 rings (SSSR count). The summed E-state index contributed by atoms with van der Waals surface area (Å²) in [6.07, 6.45) is 13.1. The lowest BCUT2D eigenvalue weighted by Crippen LogP contribution is -2.43. The fourth-order valence-corrected chi connectivity index (χ4v) is 4.54. The molecular weight excluding hydrogens is 292 g/mol. The van der Waals surface area contributed by atoms with E-state index in [1.807, 2.05) is 12.3 Å². The zero-order valence-corrected chi connectivity index (χ0v) is 13.6. The van der Waals surface area contributed by atoms with Crippen LogP contribution in [-0.2, 0) is 6.54 Å². The Balaban J connectivity index is 1.44. The van der Waals surface area contributed by atoms with Gasteiger partial charge in [0.15, 0.2) is 5.76 Å². The largest absolute Gasteiger partial charge is 0.438 e. The minimum absolute atomic E-state index is 0.510. The second-order valence-corrected chi connectivity index (χ2v) is 7.57. The summed E-state index contributed by atoms with van der Waals surface area (Å²) in [6.45, 7) is 3.20. The molecule has 0 radical (unpaired) electrons. The van der Waals surface area contributed by atoms with Crippen molar-refractivity contribution in [1.82, 2.24) is 9.88 Å². The third-order valence-corrected chi connectivity index (χ3v) is 5.86. The van der Waals surface area contributed by atoms with Crippen molar-refractivity contribution in [2.45, 2.75) is 38.6 Å². The van der Waals surface area contributed by atoms with Crippen LogP contribution < -0.4 is 0 Å². The van der Waals surface area contributed by atoms with Crippen molar-refractivity contribution in [3.05, 3.63) is 41.8 Å². The van der Waals surface area contributed by atoms with E-state index in [0.717, 1.165) is 23.1 Å². The summed E-state index contributed by atoms with van der Waals surface area (Å²) in [5.41, 5.74) is 0.510. The quantitative estimate of drug-likeness (QED) is 0.767. The average molecular weight is 314 g/mol. The molecule has 1 aliphatic heterocycles. The maximum Gasteiger partial charge on any atom is 0.209 e. The van der Waals surface area contributed by atoms with E-state index in [-0.39, 0.29) is 0 Å². The number of aromatic nitrogens is 1. The summed E-state index contributed by atoms with van der Waals surface area (Å²) in [5, 5.41) is 2.07. The minimum Gasteiger partial charge on any atom is -0.438 e. The molecule has 116 valence electrons. The van der Waals surface area contributed by atoms with E-state index in [0.29, 0.717) is 5.41 Å². The van der Waals surface area contributed by atoms with Crippen molar-refractivity contribution in [3.8, 4) is 10.6 Å². The molecule has 1 aliphatic carbocycles. The molecule has 4 heteroatoms. The van der Waals surface area contributed by atoms with Crippen molar-refractivity contribution >= 4 is 11.3 Å². The van der Waals surface area contributed by atoms with Gasteiger partial charge in [-0.2, -0.15) is 0 Å². The highest BCUT2D eigenvalue weighted by Gasteiger charge is 2.35. The molecule has 2 aromatic rings. The molecule has 1 unspecified atom stereocenters. The van der Waals surface area contributed by atoms with Crippen molar-refractivity contribution in [1.29, 1.82) is 0 Å². The molecule has 2 aliphatic rings. The van der Waals surface area contributed by atoms with E-state index in [1.165, 1.54) is 45.2 Å². The number of oxazole rings is 1. The summed E-state index contributed by atoms with van der Waals surface area (Å²) in [7, 11) is 0. The van der Waals surface area contributed by atoms with Gasteiger partial charge in [0.25, 0.3) is 0 Å². The predicted octanol–water partition coefficient (Wildman–Crippen LogP) is 4.73. The lowest BCUT2D eigenvalue weighted by Gasteiger charge is -2.43. The second kappa shape index (κ2) is 6.01. The van der Waals surface area contributed by atoms with Crippen LogP contribution in [0, 0.1) is 5.41 Å². The number of thiophene rings is 1. The third-order valence-electron chi connectivity index (χ3n) is 4.98. The van der Waals surface area contributed by atoms with Crippen molar-refractivity contribution in [2.24, 2.45) is 5.41 Å². The first-order valence-electron chi connectivity index (χ1n) is 8.19. The van der Waals surface area contributed by atoms with Gasteiger partial charge in [0.2, 0.25) is 5.89 Å². The Labute approximate surface area is 135 Å². The zero-order valence-electron chi connectivity index (χ0n) is 12.8. The van der Waals surface area contributed by atoms with E-state index in [2.05, 4.69) is 33.5 Å². The highest BCUT2D eigenvalue weighted by molar-refractivity contribution is 7.13. The molecule has 2 aromatic heterocycles. The van der Waals surface area contributed by atoms with Gasteiger partial charge >= 0.3 is 0 Å². The van der Waals surface area contributed by atoms with E-state index in [4.69, 9.17) is 4.42 Å². The van der Waals surface area contributed by atoms with E-state index in [1.54, 1.807) is 11.3 Å². The summed E-state index contributed by atoms with van der Waals surface area (Å²) < 4.78 is 5.95. The fraction of sp³-hybridized carbons (Fsp3) is 0.500. The summed E-state index contributed by atoms with van der Waals surface area (Å²) in [6, 6.07) is 4.13. The first kappa shape index (κ1) is 14.2. The molecule has 3 nitrogen and oxygen atoms in total. The van der Waals surface area contributed by atoms with Crippen molar-refractivity contribution in [3.63, 3.8) is 0 Å². The van der Waals surface area contributed by atoms with Gasteiger partial charge in [-0.1, -0.05) is 18.2 Å². The van der Waals surface area contributed by atoms with Crippen LogP contribution in [0.4, 0.5) is 0 Å². The van der Waals surface area contributed by atoms with Crippen LogP contribution in [0.5, 0.6) is 0 Å². The van der Waals surface area contributed by atoms with Crippen LogP contribution in [0.15, 0.2) is 40.3 Å². The lowest BCUT2D eigenvalue weighted by molar-refractivity contribution is 0.0683. The Morgan fingerprint density at radius 1 is 1.32 bits per heavy atom. The summed E-state index contributed by atoms with van der Waals surface area (Å²) in [5.74, 6) is 1.75. The molecule has 1 saturated heterocycles. The topological polar surface area (TPSA) is 29.3 Å². The number of allylic oxidation sites excluding steroid dienone is 2. The minimum atomic E-state index is 0.510. The molecular formula is C18H22N2OS. The van der Waals surface area contributed by atoms with Crippen molar-refractivity contribution in [2.75, 3.05) is 13.1 Å². The van der Waals surface area contributed by atoms with Gasteiger partial charge in [-0.15, -0.1) is 11.3 Å². The Morgan fingerprint density at radius 2 is 2.32 bits per heavy atom. The SMILES string of the molecule is C1=CCC2(CC1)CCCN(Cc1ncc(-c3cccs3)o1)C2. The standard InChI is InChI=1S/C18H22N2OS/c1-2-7-18(8-3-1)9-5-10-20(14-18)13-17-19-12-15(21-17)16-6-4-11-22-16/h1-2,4,6,11-12H,3,5,7-10,13-14H2. The Bertz CT molecular complexity index is 646. The van der Waals surface area contributed by atoms with Crippen LogP contribution >= 0.6 is 11.3 Å². The van der Waals surface area contributed by atoms with E-state index < -0.39 is 0 Å². The summed E-state index contributed by atoms with van der Waals surface area (Å²) in [4.78, 5) is 8.18. The van der Waals surface area contributed by atoms with Gasteiger partial charge in [-0.05, 0) is 55.5 Å². The molecule has 1 fully saturated rings. The van der Waals surface area contributed by atoms with Crippen LogP contribution in [0.3, 0.4) is 0 Å². The van der Waals surface area contributed by atoms with Crippen LogP contribution in [0.25, 0.3) is 10.6 Å². The van der Waals surface area contributed by atoms with Crippen LogP contribution in [0.1, 0.15) is 38.0 Å². The second-order valence-electron chi connectivity index (χ2n) is 6.62. The Kier molecular flexibility index (Phi) is 3.89. The van der Waals surface area contributed by atoms with Crippen LogP contribution in [0.2, 0.25) is 0 Å². The van der Waals surface area contributed by atoms with Gasteiger partial charge in [0, 0.05) is 6.54 Å². The fourth-order valence-electron chi connectivity index (χ4n) is 3.87. The molecule has 0 aromatic carbocycles. The first-order valence-corrected chi connectivity index (χ1v) is 9.07. The number of hydrogen-bond acceptors (Lipinski definition) is 4. The number of rotatable bonds is 3. The zero-order chi connectivity index (χ0) is 14.8. The maximum atomic E-state index is 5.95. The van der Waals surface area contributed by atoms with Gasteiger partial charge in [0.1, 0.15) is 0 Å². The monoisotopic (exact) mass is 314 g/mol. The Morgan fingerprint density at radius 3 is 3.14 bits per heavy atom. The molecule has 0 bridgehead atoms. The first-order chi connectivity index (χ1) is 10.8. The van der Waals surface area contributed by atoms with Crippen LogP contribution in [-0.4, -0.2) is 23.0 Å². The van der Waals surface area contributed by atoms with Gasteiger partial charge < -0.3 is 4.42 Å². The number of hydrogen-bond donors (Lipinski definition) is 0. The van der Waals surface area contributed by atoms with Gasteiger partial charge in [-0.3, -0.25) is 4.90 Å². The highest BCUT2D eigenvalue weighted by Crippen LogP contribution is 2.41. The average Bonchev–Trinajstić information content (AvgIpc) is 3.19. The lowest BCUT2D eigenvalue weighted by atomic mass is 9.71. The molecule has 22 heavy (non-hydrogen) atoms. The number of nitrogens with zero attached hydrogens (tertiary/aromatic N) is 2. The molecule has 0 saturated carbocycles. The molecule has 0 N–H and O–H groups in total. The van der Waals surface area contributed by atoms with Gasteiger partial charge in [-0.25, -0.2) is 4.98 Å². The van der Waals surface area contributed by atoms with Crippen molar-refractivity contribution < 1.29 is 4.42 Å². The molecule has 1 atom stereocenters. The normalized spacial score (nSPS) is 25.8.